The zero-order chi connectivity index (χ0) is 27.6. The van der Waals surface area contributed by atoms with Crippen LogP contribution in [-0.4, -0.2) is 32.4 Å². The Hall–Kier alpha value is -4.84. The monoisotopic (exact) mass is 519 g/mol. The molecule has 6 heteroatoms. The average molecular weight is 520 g/mol. The number of pyridine rings is 1. The predicted molar refractivity (Wildman–Crippen MR) is 153 cm³/mol. The minimum absolute atomic E-state index is 0.333. The van der Waals surface area contributed by atoms with Gasteiger partial charge in [-0.15, -0.1) is 0 Å². The number of methoxy groups -OCH3 is 2. The quantitative estimate of drug-likeness (QED) is 0.157. The maximum Gasteiger partial charge on any atom is 0.337 e. The van der Waals surface area contributed by atoms with Crippen LogP contribution in [0.15, 0.2) is 102 Å². The Morgan fingerprint density at radius 3 is 1.90 bits per heavy atom. The zero-order valence-corrected chi connectivity index (χ0v) is 22.3. The summed E-state index contributed by atoms with van der Waals surface area (Å²) < 4.78 is 11.6. The number of esters is 2. The van der Waals surface area contributed by atoms with E-state index in [2.05, 4.69) is 58.4 Å². The van der Waals surface area contributed by atoms with Gasteiger partial charge in [0.1, 0.15) is 0 Å². The number of rotatable bonds is 9. The highest BCUT2D eigenvalue weighted by atomic mass is 16.5. The molecule has 0 bridgehead atoms. The molecular weight excluding hydrogens is 488 g/mol. The number of allylic oxidation sites excluding steroid dienone is 1. The van der Waals surface area contributed by atoms with Gasteiger partial charge >= 0.3 is 11.9 Å². The smallest absolute Gasteiger partial charge is 0.337 e. The van der Waals surface area contributed by atoms with Crippen LogP contribution in [0.4, 0.5) is 0 Å². The summed E-state index contributed by atoms with van der Waals surface area (Å²) in [6.07, 6.45) is 10.1. The van der Waals surface area contributed by atoms with Gasteiger partial charge in [-0.1, -0.05) is 48.6 Å². The Labute approximate surface area is 228 Å². The summed E-state index contributed by atoms with van der Waals surface area (Å²) in [6.45, 7) is 3.22. The number of benzene rings is 3. The lowest BCUT2D eigenvalue weighted by atomic mass is 9.99. The summed E-state index contributed by atoms with van der Waals surface area (Å²) in [4.78, 5) is 27.9. The number of carbonyl (C=O) groups excluding carboxylic acids is 2. The second-order valence-corrected chi connectivity index (χ2v) is 8.95. The van der Waals surface area contributed by atoms with E-state index in [1.807, 2.05) is 43.5 Å². The van der Waals surface area contributed by atoms with Gasteiger partial charge in [-0.05, 0) is 65.1 Å². The van der Waals surface area contributed by atoms with Gasteiger partial charge in [0.05, 0.1) is 31.9 Å². The van der Waals surface area contributed by atoms with Crippen molar-refractivity contribution in [3.05, 3.63) is 131 Å². The van der Waals surface area contributed by atoms with Crippen LogP contribution < -0.4 is 4.57 Å². The van der Waals surface area contributed by atoms with Crippen LogP contribution in [0.25, 0.3) is 17.2 Å². The van der Waals surface area contributed by atoms with Crippen molar-refractivity contribution in [2.75, 3.05) is 14.2 Å². The van der Waals surface area contributed by atoms with E-state index in [0.717, 1.165) is 33.4 Å². The summed E-state index contributed by atoms with van der Waals surface area (Å²) in [5, 5.41) is 0. The van der Waals surface area contributed by atoms with Crippen LogP contribution in [0.2, 0.25) is 0 Å². The van der Waals surface area contributed by atoms with E-state index in [1.54, 1.807) is 24.3 Å². The molecule has 0 N–H and O–H groups in total. The van der Waals surface area contributed by atoms with Gasteiger partial charge in [-0.2, -0.15) is 0 Å². The fourth-order valence-corrected chi connectivity index (χ4v) is 4.14. The first-order chi connectivity index (χ1) is 19.0. The number of nitrogens with zero attached hydrogens (tertiary/aromatic N) is 2. The van der Waals surface area contributed by atoms with Crippen molar-refractivity contribution >= 4 is 24.2 Å². The fraction of sp³-hybridized carbons (Fsp3) is 0.152. The molecule has 0 saturated carbocycles. The van der Waals surface area contributed by atoms with E-state index in [0.29, 0.717) is 24.2 Å². The molecule has 0 saturated heterocycles. The molecule has 3 aromatic carbocycles. The number of carbonyl (C=O) groups is 2. The van der Waals surface area contributed by atoms with Gasteiger partial charge in [0.15, 0.2) is 18.9 Å². The molecule has 196 valence electrons. The molecule has 0 atom stereocenters. The van der Waals surface area contributed by atoms with Crippen molar-refractivity contribution in [1.29, 1.82) is 0 Å². The zero-order valence-electron chi connectivity index (χ0n) is 22.3. The molecular formula is C33H31N2O4+. The Morgan fingerprint density at radius 2 is 1.33 bits per heavy atom. The number of ether oxygens (including phenoxy) is 2. The first-order valence-corrected chi connectivity index (χ1v) is 12.6. The van der Waals surface area contributed by atoms with Gasteiger partial charge in [0.2, 0.25) is 0 Å². The first-order valence-electron chi connectivity index (χ1n) is 12.6. The van der Waals surface area contributed by atoms with E-state index in [-0.39, 0.29) is 11.9 Å². The van der Waals surface area contributed by atoms with E-state index in [9.17, 15) is 9.59 Å². The molecule has 0 aliphatic carbocycles. The topological polar surface area (TPSA) is 68.8 Å². The minimum Gasteiger partial charge on any atom is -0.465 e. The van der Waals surface area contributed by atoms with Crippen LogP contribution in [-0.2, 0) is 22.6 Å². The largest absolute Gasteiger partial charge is 0.465 e. The Kier molecular flexibility index (Phi) is 9.14. The van der Waals surface area contributed by atoms with Crippen molar-refractivity contribution in [3.8, 4) is 11.1 Å². The highest BCUT2D eigenvalue weighted by Gasteiger charge is 2.09. The molecule has 0 spiro atoms. The minimum atomic E-state index is -0.346. The predicted octanol–water partition coefficient (Wildman–Crippen LogP) is 5.91. The molecule has 1 aromatic heterocycles. The van der Waals surface area contributed by atoms with Crippen LogP contribution in [0, 0.1) is 0 Å². The van der Waals surface area contributed by atoms with E-state index in [1.165, 1.54) is 14.2 Å². The number of aromatic nitrogens is 1. The molecule has 4 rings (SSSR count). The van der Waals surface area contributed by atoms with Gasteiger partial charge in [-0.3, -0.25) is 4.99 Å². The average Bonchev–Trinajstić information content (AvgIpc) is 2.98. The van der Waals surface area contributed by atoms with Crippen molar-refractivity contribution in [3.63, 3.8) is 0 Å². The lowest BCUT2D eigenvalue weighted by Crippen LogP contribution is -2.33. The standard InChI is InChI=1S/C33H31N2O4/c1-4-5-29-20-30(14-15-31(29)22-34-21-24-6-10-27(11-7-24)32(36)38-2)26-16-18-35(19-17-26)23-25-8-12-28(13-9-25)33(37)39-3/h4-20,22H,21,23H2,1-3H3/q+1/b5-4-,34-22+. The van der Waals surface area contributed by atoms with Crippen LogP contribution >= 0.6 is 0 Å². The van der Waals surface area contributed by atoms with Crippen molar-refractivity contribution in [1.82, 2.24) is 0 Å². The van der Waals surface area contributed by atoms with Gasteiger partial charge in [0.25, 0.3) is 0 Å². The molecule has 6 nitrogen and oxygen atoms in total. The molecule has 4 aromatic rings. The molecule has 0 aliphatic rings. The maximum absolute atomic E-state index is 11.6. The molecule has 0 unspecified atom stereocenters. The third-order valence-corrected chi connectivity index (χ3v) is 6.28. The van der Waals surface area contributed by atoms with Crippen molar-refractivity contribution in [2.45, 2.75) is 20.0 Å². The van der Waals surface area contributed by atoms with E-state index >= 15 is 0 Å². The van der Waals surface area contributed by atoms with E-state index < -0.39 is 0 Å². The number of hydrogen-bond donors (Lipinski definition) is 0. The second-order valence-electron chi connectivity index (χ2n) is 8.95. The fourth-order valence-electron chi connectivity index (χ4n) is 4.14. The summed E-state index contributed by atoms with van der Waals surface area (Å²) in [5.41, 5.74) is 7.53. The molecule has 0 aliphatic heterocycles. The normalized spacial score (nSPS) is 11.2. The van der Waals surface area contributed by atoms with Crippen LogP contribution in [0.1, 0.15) is 49.9 Å². The lowest BCUT2D eigenvalue weighted by Gasteiger charge is -2.07. The summed E-state index contributed by atoms with van der Waals surface area (Å²) in [6, 6.07) is 25.3. The molecule has 0 amide bonds. The van der Waals surface area contributed by atoms with Crippen molar-refractivity contribution < 1.29 is 23.6 Å². The van der Waals surface area contributed by atoms with Gasteiger partial charge in [0, 0.05) is 23.9 Å². The molecule has 39 heavy (non-hydrogen) atoms. The molecule has 0 fully saturated rings. The Balaban J connectivity index is 1.44. The SMILES string of the molecule is C/C=C\c1cc(-c2cc[n+](Cc3ccc(C(=O)OC)cc3)cc2)ccc1/C=N/Cc1ccc(C(=O)OC)cc1. The Morgan fingerprint density at radius 1 is 0.744 bits per heavy atom. The molecule has 1 heterocycles. The van der Waals surface area contributed by atoms with Gasteiger partial charge < -0.3 is 9.47 Å². The van der Waals surface area contributed by atoms with Crippen molar-refractivity contribution in [2.24, 2.45) is 4.99 Å². The lowest BCUT2D eigenvalue weighted by molar-refractivity contribution is -0.688. The summed E-state index contributed by atoms with van der Waals surface area (Å²) >= 11 is 0. The summed E-state index contributed by atoms with van der Waals surface area (Å²) in [5.74, 6) is -0.680. The number of aliphatic imine (C=N–C) groups is 1. The highest BCUT2D eigenvalue weighted by molar-refractivity contribution is 5.90. The van der Waals surface area contributed by atoms with Crippen LogP contribution in [0.3, 0.4) is 0 Å². The highest BCUT2D eigenvalue weighted by Crippen LogP contribution is 2.22. The second kappa shape index (κ2) is 13.1. The van der Waals surface area contributed by atoms with Gasteiger partial charge in [-0.25, -0.2) is 14.2 Å². The maximum atomic E-state index is 11.6. The van der Waals surface area contributed by atoms with Crippen LogP contribution in [0.5, 0.6) is 0 Å². The summed E-state index contributed by atoms with van der Waals surface area (Å²) in [7, 11) is 2.76. The molecule has 0 radical (unpaired) electrons. The number of hydrogen-bond acceptors (Lipinski definition) is 5. The first kappa shape index (κ1) is 27.2. The van der Waals surface area contributed by atoms with E-state index in [4.69, 9.17) is 9.47 Å². The Bertz CT molecular complexity index is 1490. The third kappa shape index (κ3) is 7.14. The third-order valence-electron chi connectivity index (χ3n) is 6.28.